The van der Waals surface area contributed by atoms with E-state index < -0.39 is 6.04 Å². The van der Waals surface area contributed by atoms with Crippen molar-refractivity contribution < 1.29 is 9.59 Å². The van der Waals surface area contributed by atoms with E-state index in [1.54, 1.807) is 0 Å². The Bertz CT molecular complexity index is 571. The second-order valence-corrected chi connectivity index (χ2v) is 5.91. The van der Waals surface area contributed by atoms with Gasteiger partial charge in [0.2, 0.25) is 11.8 Å². The first-order chi connectivity index (χ1) is 10.1. The fourth-order valence-electron chi connectivity index (χ4n) is 3.03. The maximum absolute atomic E-state index is 12.1. The predicted molar refractivity (Wildman–Crippen MR) is 79.3 cm³/mol. The molecule has 3 N–H and O–H groups in total. The molecule has 5 heteroatoms. The number of nitrogens with one attached hydrogen (secondary N) is 3. The molecule has 2 amide bonds. The van der Waals surface area contributed by atoms with Crippen LogP contribution in [0.1, 0.15) is 48.9 Å². The summed E-state index contributed by atoms with van der Waals surface area (Å²) in [7, 11) is 0. The fraction of sp³-hybridized carbons (Fsp3) is 0.500. The smallest absolute Gasteiger partial charge is 0.239 e. The molecular formula is C16H21N3O2. The molecule has 2 unspecified atom stereocenters. The summed E-state index contributed by atoms with van der Waals surface area (Å²) in [6.45, 7) is 1.98. The third kappa shape index (κ3) is 3.08. The Morgan fingerprint density at radius 3 is 2.76 bits per heavy atom. The molecular weight excluding hydrogens is 266 g/mol. The lowest BCUT2D eigenvalue weighted by molar-refractivity contribution is -0.125. The van der Waals surface area contributed by atoms with Gasteiger partial charge in [0.05, 0.1) is 12.5 Å². The van der Waals surface area contributed by atoms with Crippen LogP contribution in [0.5, 0.6) is 0 Å². The van der Waals surface area contributed by atoms with Crippen LogP contribution in [0.2, 0.25) is 0 Å². The molecule has 0 spiro atoms. The second-order valence-electron chi connectivity index (χ2n) is 5.91. The van der Waals surface area contributed by atoms with Crippen LogP contribution in [0.4, 0.5) is 0 Å². The van der Waals surface area contributed by atoms with E-state index in [-0.39, 0.29) is 24.3 Å². The molecule has 21 heavy (non-hydrogen) atoms. The summed E-state index contributed by atoms with van der Waals surface area (Å²) in [5.41, 5.74) is 9.14. The van der Waals surface area contributed by atoms with Crippen molar-refractivity contribution in [3.63, 3.8) is 0 Å². The van der Waals surface area contributed by atoms with Crippen molar-refractivity contribution in [2.45, 2.75) is 51.1 Å². The highest BCUT2D eigenvalue weighted by Gasteiger charge is 2.28. The van der Waals surface area contributed by atoms with Crippen molar-refractivity contribution in [1.82, 2.24) is 16.2 Å². The Morgan fingerprint density at radius 2 is 2.05 bits per heavy atom. The molecule has 0 aromatic heterocycles. The van der Waals surface area contributed by atoms with Gasteiger partial charge < -0.3 is 5.32 Å². The molecule has 0 bridgehead atoms. The monoisotopic (exact) mass is 287 g/mol. The summed E-state index contributed by atoms with van der Waals surface area (Å²) in [6.07, 6.45) is 5.01. The van der Waals surface area contributed by atoms with E-state index in [0.717, 1.165) is 18.4 Å². The maximum atomic E-state index is 12.1. The topological polar surface area (TPSA) is 70.2 Å². The minimum atomic E-state index is -0.474. The zero-order valence-electron chi connectivity index (χ0n) is 12.2. The van der Waals surface area contributed by atoms with Crippen molar-refractivity contribution in [2.24, 2.45) is 0 Å². The highest BCUT2D eigenvalue weighted by atomic mass is 16.2. The van der Waals surface area contributed by atoms with Gasteiger partial charge in [-0.1, -0.05) is 18.2 Å². The van der Waals surface area contributed by atoms with Crippen LogP contribution in [-0.2, 0) is 22.4 Å². The lowest BCUT2D eigenvalue weighted by atomic mass is 9.89. The number of benzene rings is 1. The Labute approximate surface area is 124 Å². The van der Waals surface area contributed by atoms with Crippen LogP contribution in [0.3, 0.4) is 0 Å². The van der Waals surface area contributed by atoms with Crippen molar-refractivity contribution in [3.05, 3.63) is 34.9 Å². The van der Waals surface area contributed by atoms with Crippen LogP contribution < -0.4 is 16.2 Å². The molecule has 3 rings (SSSR count). The van der Waals surface area contributed by atoms with Crippen molar-refractivity contribution in [3.8, 4) is 0 Å². The lowest BCUT2D eigenvalue weighted by Gasteiger charge is -2.21. The van der Waals surface area contributed by atoms with E-state index in [1.807, 2.05) is 6.92 Å². The normalized spacial score (nSPS) is 22.3. The predicted octanol–water partition coefficient (Wildman–Crippen LogP) is 1.14. The van der Waals surface area contributed by atoms with Crippen LogP contribution in [0, 0.1) is 0 Å². The molecule has 2 aliphatic rings. The van der Waals surface area contributed by atoms with E-state index in [1.165, 1.54) is 24.0 Å². The summed E-state index contributed by atoms with van der Waals surface area (Å²) in [4.78, 5) is 23.2. The molecule has 0 radical (unpaired) electrons. The molecule has 1 aromatic carbocycles. The Kier molecular flexibility index (Phi) is 3.92. The highest BCUT2D eigenvalue weighted by Crippen LogP contribution is 2.24. The molecule has 2 atom stereocenters. The summed E-state index contributed by atoms with van der Waals surface area (Å²) >= 11 is 0. The average molecular weight is 287 g/mol. The van der Waals surface area contributed by atoms with E-state index in [2.05, 4.69) is 34.4 Å². The molecule has 0 saturated carbocycles. The van der Waals surface area contributed by atoms with Gasteiger partial charge in [0, 0.05) is 0 Å². The first-order valence-electron chi connectivity index (χ1n) is 7.60. The standard InChI is InChI=1S/C16H21N3O2/c1-10(17-16(21)14-9-15(20)19-18-14)12-7-6-11-4-2-3-5-13(11)8-12/h6-8,10,14,18H,2-5,9H2,1H3,(H,17,21)(H,19,20). The third-order valence-corrected chi connectivity index (χ3v) is 4.32. The molecule has 1 fully saturated rings. The molecule has 1 heterocycles. The highest BCUT2D eigenvalue weighted by molar-refractivity contribution is 5.90. The average Bonchev–Trinajstić information content (AvgIpc) is 2.93. The van der Waals surface area contributed by atoms with Crippen LogP contribution in [0.15, 0.2) is 18.2 Å². The number of hydrogen-bond acceptors (Lipinski definition) is 3. The van der Waals surface area contributed by atoms with Gasteiger partial charge >= 0.3 is 0 Å². The van der Waals surface area contributed by atoms with Crippen molar-refractivity contribution >= 4 is 11.8 Å². The Hall–Kier alpha value is -1.88. The van der Waals surface area contributed by atoms with Gasteiger partial charge in [-0.05, 0) is 49.3 Å². The molecule has 1 aliphatic carbocycles. The lowest BCUT2D eigenvalue weighted by Crippen LogP contribution is -2.44. The number of carbonyl (C=O) groups excluding carboxylic acids is 2. The summed E-state index contributed by atoms with van der Waals surface area (Å²) in [5.74, 6) is -0.282. The number of carbonyl (C=O) groups is 2. The Morgan fingerprint density at radius 1 is 1.29 bits per heavy atom. The van der Waals surface area contributed by atoms with Crippen molar-refractivity contribution in [2.75, 3.05) is 0 Å². The second kappa shape index (κ2) is 5.85. The quantitative estimate of drug-likeness (QED) is 0.780. The van der Waals surface area contributed by atoms with E-state index >= 15 is 0 Å². The Balaban J connectivity index is 1.66. The molecule has 1 saturated heterocycles. The van der Waals surface area contributed by atoms with Gasteiger partial charge in [-0.15, -0.1) is 0 Å². The third-order valence-electron chi connectivity index (χ3n) is 4.32. The molecule has 1 aromatic rings. The zero-order valence-corrected chi connectivity index (χ0v) is 12.2. The largest absolute Gasteiger partial charge is 0.348 e. The zero-order chi connectivity index (χ0) is 14.8. The first kappa shape index (κ1) is 14.1. The summed E-state index contributed by atoms with van der Waals surface area (Å²) in [5, 5.41) is 2.97. The summed E-state index contributed by atoms with van der Waals surface area (Å²) in [6, 6.07) is 5.97. The SMILES string of the molecule is CC(NC(=O)C1CC(=O)NN1)c1ccc2c(c1)CCCC2. The number of fused-ring (bicyclic) bond motifs is 1. The number of rotatable bonds is 3. The summed E-state index contributed by atoms with van der Waals surface area (Å²) < 4.78 is 0. The van der Waals surface area contributed by atoms with E-state index in [9.17, 15) is 9.59 Å². The van der Waals surface area contributed by atoms with Gasteiger partial charge in [-0.25, -0.2) is 5.43 Å². The van der Waals surface area contributed by atoms with Crippen LogP contribution in [0.25, 0.3) is 0 Å². The number of amides is 2. The van der Waals surface area contributed by atoms with E-state index in [0.29, 0.717) is 0 Å². The molecule has 5 nitrogen and oxygen atoms in total. The number of hydrazine groups is 1. The fourth-order valence-corrected chi connectivity index (χ4v) is 3.03. The molecule has 1 aliphatic heterocycles. The maximum Gasteiger partial charge on any atom is 0.239 e. The van der Waals surface area contributed by atoms with Crippen LogP contribution >= 0.6 is 0 Å². The van der Waals surface area contributed by atoms with Crippen LogP contribution in [-0.4, -0.2) is 17.9 Å². The van der Waals surface area contributed by atoms with Gasteiger partial charge in [-0.2, -0.15) is 0 Å². The number of aryl methyl sites for hydroxylation is 2. The molecule has 112 valence electrons. The number of hydrogen-bond donors (Lipinski definition) is 3. The first-order valence-corrected chi connectivity index (χ1v) is 7.60. The van der Waals surface area contributed by atoms with Gasteiger partial charge in [0.1, 0.15) is 6.04 Å². The van der Waals surface area contributed by atoms with Gasteiger partial charge in [0.15, 0.2) is 0 Å². The van der Waals surface area contributed by atoms with Gasteiger partial charge in [-0.3, -0.25) is 15.0 Å². The van der Waals surface area contributed by atoms with Crippen molar-refractivity contribution in [1.29, 1.82) is 0 Å². The van der Waals surface area contributed by atoms with E-state index in [4.69, 9.17) is 0 Å². The minimum Gasteiger partial charge on any atom is -0.348 e. The van der Waals surface area contributed by atoms with Gasteiger partial charge in [0.25, 0.3) is 0 Å². The minimum absolute atomic E-state index is 0.0535.